The van der Waals surface area contributed by atoms with Crippen molar-refractivity contribution in [2.24, 2.45) is 11.7 Å². The summed E-state index contributed by atoms with van der Waals surface area (Å²) in [7, 11) is 0. The largest absolute Gasteiger partial charge is 0.364 e. The van der Waals surface area contributed by atoms with Gasteiger partial charge in [-0.05, 0) is 44.6 Å². The van der Waals surface area contributed by atoms with Crippen LogP contribution in [-0.2, 0) is 9.59 Å². The Morgan fingerprint density at radius 2 is 2.00 bits per heavy atom. The second kappa shape index (κ2) is 5.69. The Balaban J connectivity index is 1.97. The molecule has 1 aliphatic heterocycles. The number of amides is 2. The third-order valence-electron chi connectivity index (χ3n) is 4.18. The molecule has 1 unspecified atom stereocenters. The average Bonchev–Trinajstić information content (AvgIpc) is 2.41. The maximum absolute atomic E-state index is 12.4. The number of dihydropyridines is 1. The molecule has 5 nitrogen and oxygen atoms in total. The summed E-state index contributed by atoms with van der Waals surface area (Å²) in [4.78, 5) is 23.7. The van der Waals surface area contributed by atoms with E-state index in [-0.39, 0.29) is 17.6 Å². The molecule has 0 aromatic carbocycles. The van der Waals surface area contributed by atoms with Gasteiger partial charge in [0.2, 0.25) is 5.91 Å². The van der Waals surface area contributed by atoms with Crippen molar-refractivity contribution in [2.75, 3.05) is 0 Å². The zero-order chi connectivity index (χ0) is 14.8. The van der Waals surface area contributed by atoms with Gasteiger partial charge in [0.25, 0.3) is 5.91 Å². The van der Waals surface area contributed by atoms with Crippen molar-refractivity contribution in [1.29, 1.82) is 0 Å². The van der Waals surface area contributed by atoms with Crippen LogP contribution in [0.5, 0.6) is 0 Å². The van der Waals surface area contributed by atoms with Gasteiger partial charge < -0.3 is 16.4 Å². The molecule has 20 heavy (non-hydrogen) atoms. The first-order valence-electron chi connectivity index (χ1n) is 7.19. The second-order valence-electron chi connectivity index (χ2n) is 6.06. The standard InChI is InChI=1S/C15H23N3O2/c1-10-5-7-11(8-6-10)17-14(20)15(2)9-3-4-12(18-15)13(16)19/h3-4,9-11,18H,5-8H2,1-2H3,(H2,16,19)(H,17,20). The van der Waals surface area contributed by atoms with Crippen LogP contribution in [0, 0.1) is 5.92 Å². The molecule has 1 aliphatic carbocycles. The molecule has 1 atom stereocenters. The van der Waals surface area contributed by atoms with Gasteiger partial charge in [0.15, 0.2) is 0 Å². The first kappa shape index (κ1) is 14.6. The van der Waals surface area contributed by atoms with Crippen molar-refractivity contribution in [3.8, 4) is 0 Å². The first-order valence-corrected chi connectivity index (χ1v) is 7.19. The molecule has 1 saturated carbocycles. The monoisotopic (exact) mass is 277 g/mol. The van der Waals surface area contributed by atoms with Gasteiger partial charge in [-0.25, -0.2) is 0 Å². The average molecular weight is 277 g/mol. The molecule has 0 bridgehead atoms. The minimum absolute atomic E-state index is 0.111. The molecule has 1 heterocycles. The van der Waals surface area contributed by atoms with E-state index in [9.17, 15) is 9.59 Å². The lowest BCUT2D eigenvalue weighted by Crippen LogP contribution is -2.57. The van der Waals surface area contributed by atoms with Crippen LogP contribution in [0.1, 0.15) is 39.5 Å². The summed E-state index contributed by atoms with van der Waals surface area (Å²) in [6.07, 6.45) is 9.37. The Kier molecular flexibility index (Phi) is 4.16. The summed E-state index contributed by atoms with van der Waals surface area (Å²) >= 11 is 0. The molecule has 0 radical (unpaired) electrons. The van der Waals surface area contributed by atoms with E-state index >= 15 is 0 Å². The van der Waals surface area contributed by atoms with E-state index in [1.807, 2.05) is 0 Å². The van der Waals surface area contributed by atoms with Gasteiger partial charge >= 0.3 is 0 Å². The minimum atomic E-state index is -0.915. The van der Waals surface area contributed by atoms with Gasteiger partial charge in [0.1, 0.15) is 11.2 Å². The molecule has 2 amide bonds. The van der Waals surface area contributed by atoms with E-state index in [0.29, 0.717) is 0 Å². The molecule has 1 fully saturated rings. The summed E-state index contributed by atoms with van der Waals surface area (Å²) in [5, 5.41) is 5.99. The number of nitrogens with one attached hydrogen (secondary N) is 2. The van der Waals surface area contributed by atoms with Crippen LogP contribution in [0.3, 0.4) is 0 Å². The Labute approximate surface area is 119 Å². The maximum Gasteiger partial charge on any atom is 0.264 e. The van der Waals surface area contributed by atoms with Crippen LogP contribution in [0.25, 0.3) is 0 Å². The fourth-order valence-electron chi connectivity index (χ4n) is 2.72. The summed E-state index contributed by atoms with van der Waals surface area (Å²) < 4.78 is 0. The van der Waals surface area contributed by atoms with Gasteiger partial charge in [-0.1, -0.05) is 19.1 Å². The fraction of sp³-hybridized carbons (Fsp3) is 0.600. The Bertz CT molecular complexity index is 462. The van der Waals surface area contributed by atoms with Crippen molar-refractivity contribution >= 4 is 11.8 Å². The quantitative estimate of drug-likeness (QED) is 0.718. The lowest BCUT2D eigenvalue weighted by atomic mass is 9.86. The van der Waals surface area contributed by atoms with Crippen LogP contribution in [0.2, 0.25) is 0 Å². The number of hydrogen-bond acceptors (Lipinski definition) is 3. The summed E-state index contributed by atoms with van der Waals surface area (Å²) in [6.45, 7) is 3.99. The lowest BCUT2D eigenvalue weighted by molar-refractivity contribution is -0.126. The molecular weight excluding hydrogens is 254 g/mol. The normalized spacial score (nSPS) is 33.0. The van der Waals surface area contributed by atoms with Crippen molar-refractivity contribution in [3.63, 3.8) is 0 Å². The molecular formula is C15H23N3O2. The molecule has 5 heteroatoms. The number of carbonyl (C=O) groups excluding carboxylic acids is 2. The van der Waals surface area contributed by atoms with Gasteiger partial charge in [-0.15, -0.1) is 0 Å². The van der Waals surface area contributed by atoms with Gasteiger partial charge in [0.05, 0.1) is 0 Å². The number of nitrogens with two attached hydrogens (primary N) is 1. The SMILES string of the molecule is CC1CCC(NC(=O)C2(C)C=CC=C(C(N)=O)N2)CC1. The molecule has 4 N–H and O–H groups in total. The fourth-order valence-corrected chi connectivity index (χ4v) is 2.72. The van der Waals surface area contributed by atoms with E-state index in [0.717, 1.165) is 31.6 Å². The predicted octanol–water partition coefficient (Wildman–Crippen LogP) is 0.969. The van der Waals surface area contributed by atoms with Crippen molar-refractivity contribution in [1.82, 2.24) is 10.6 Å². The Morgan fingerprint density at radius 1 is 1.35 bits per heavy atom. The van der Waals surface area contributed by atoms with Crippen LogP contribution < -0.4 is 16.4 Å². The van der Waals surface area contributed by atoms with Crippen LogP contribution >= 0.6 is 0 Å². The van der Waals surface area contributed by atoms with Gasteiger partial charge in [-0.2, -0.15) is 0 Å². The first-order chi connectivity index (χ1) is 9.40. The number of carbonyl (C=O) groups is 2. The summed E-state index contributed by atoms with van der Waals surface area (Å²) in [5.41, 5.74) is 4.60. The summed E-state index contributed by atoms with van der Waals surface area (Å²) in [6, 6.07) is 0.230. The number of rotatable bonds is 3. The van der Waals surface area contributed by atoms with Crippen LogP contribution in [0.15, 0.2) is 23.9 Å². The Morgan fingerprint density at radius 3 is 2.60 bits per heavy atom. The van der Waals surface area contributed by atoms with Crippen LogP contribution in [-0.4, -0.2) is 23.4 Å². The topological polar surface area (TPSA) is 84.2 Å². The third kappa shape index (κ3) is 3.21. The highest BCUT2D eigenvalue weighted by atomic mass is 16.2. The smallest absolute Gasteiger partial charge is 0.264 e. The number of hydrogen-bond donors (Lipinski definition) is 3. The highest BCUT2D eigenvalue weighted by Gasteiger charge is 2.35. The molecule has 110 valence electrons. The van der Waals surface area contributed by atoms with Crippen LogP contribution in [0.4, 0.5) is 0 Å². The molecule has 0 spiro atoms. The van der Waals surface area contributed by atoms with E-state index in [1.54, 1.807) is 25.2 Å². The minimum Gasteiger partial charge on any atom is -0.364 e. The van der Waals surface area contributed by atoms with Crippen molar-refractivity contribution in [2.45, 2.75) is 51.1 Å². The van der Waals surface area contributed by atoms with Crippen molar-refractivity contribution in [3.05, 3.63) is 23.9 Å². The van der Waals surface area contributed by atoms with E-state index in [2.05, 4.69) is 17.6 Å². The maximum atomic E-state index is 12.4. The van der Waals surface area contributed by atoms with E-state index in [4.69, 9.17) is 5.73 Å². The molecule has 0 aromatic rings. The number of allylic oxidation sites excluding steroid dienone is 2. The van der Waals surface area contributed by atoms with E-state index in [1.165, 1.54) is 0 Å². The summed E-state index contributed by atoms with van der Waals surface area (Å²) in [5.74, 6) is 0.0795. The molecule has 0 saturated heterocycles. The number of primary amides is 1. The predicted molar refractivity (Wildman–Crippen MR) is 77.5 cm³/mol. The highest BCUT2D eigenvalue weighted by molar-refractivity contribution is 5.96. The van der Waals surface area contributed by atoms with Gasteiger partial charge in [-0.3, -0.25) is 9.59 Å². The molecule has 2 aliphatic rings. The molecule has 2 rings (SSSR count). The Hall–Kier alpha value is -1.78. The van der Waals surface area contributed by atoms with Gasteiger partial charge in [0, 0.05) is 6.04 Å². The van der Waals surface area contributed by atoms with E-state index < -0.39 is 11.4 Å². The zero-order valence-electron chi connectivity index (χ0n) is 12.1. The zero-order valence-corrected chi connectivity index (χ0v) is 12.1. The third-order valence-corrected chi connectivity index (χ3v) is 4.18. The second-order valence-corrected chi connectivity index (χ2v) is 6.06. The van der Waals surface area contributed by atoms with Crippen molar-refractivity contribution < 1.29 is 9.59 Å². The lowest BCUT2D eigenvalue weighted by Gasteiger charge is -2.34. The highest BCUT2D eigenvalue weighted by Crippen LogP contribution is 2.24. The molecule has 0 aromatic heterocycles.